The van der Waals surface area contributed by atoms with Crippen molar-refractivity contribution in [1.29, 1.82) is 5.26 Å². The highest BCUT2D eigenvalue weighted by molar-refractivity contribution is 5.67. The number of hydrogen-bond acceptors (Lipinski definition) is 5. The number of nitrogens with one attached hydrogen (secondary N) is 1. The molecule has 0 fully saturated rings. The second-order valence-electron chi connectivity index (χ2n) is 6.80. The van der Waals surface area contributed by atoms with E-state index in [1.807, 2.05) is 85.8 Å². The van der Waals surface area contributed by atoms with Crippen LogP contribution in [0.15, 0.2) is 85.1 Å². The van der Waals surface area contributed by atoms with E-state index < -0.39 is 0 Å². The van der Waals surface area contributed by atoms with Crippen molar-refractivity contribution in [2.75, 3.05) is 5.32 Å². The molecule has 2 heterocycles. The van der Waals surface area contributed by atoms with Crippen LogP contribution in [0, 0.1) is 18.3 Å². The third-order valence-electron chi connectivity index (χ3n) is 4.51. The predicted molar refractivity (Wildman–Crippen MR) is 118 cm³/mol. The van der Waals surface area contributed by atoms with Crippen molar-refractivity contribution >= 4 is 11.5 Å². The Labute approximate surface area is 175 Å². The first-order valence-electron chi connectivity index (χ1n) is 9.61. The van der Waals surface area contributed by atoms with Crippen molar-refractivity contribution in [1.82, 2.24) is 9.97 Å². The molecule has 0 radical (unpaired) electrons. The molecule has 0 amide bonds. The minimum absolute atomic E-state index is 0.399. The van der Waals surface area contributed by atoms with Gasteiger partial charge in [0.2, 0.25) is 0 Å². The van der Waals surface area contributed by atoms with Crippen LogP contribution in [0.25, 0.3) is 11.3 Å². The van der Waals surface area contributed by atoms with Crippen molar-refractivity contribution in [3.63, 3.8) is 0 Å². The Morgan fingerprint density at radius 2 is 1.77 bits per heavy atom. The van der Waals surface area contributed by atoms with Gasteiger partial charge in [-0.2, -0.15) is 5.26 Å². The summed E-state index contributed by atoms with van der Waals surface area (Å²) in [6.07, 6.45) is 2.10. The standard InChI is InChI=1S/C25H20N4O/c1-18-7-12-23(25(28-18)20-5-3-2-4-6-20)30-22-14-16-27-24(17-22)29-21-10-8-19(9-11-21)13-15-26/h2-12,14,16-17H,13H2,1H3,(H,27,29). The molecule has 4 rings (SSSR count). The lowest BCUT2D eigenvalue weighted by Gasteiger charge is -2.13. The molecule has 0 aliphatic heterocycles. The van der Waals surface area contributed by atoms with Crippen molar-refractivity contribution in [3.05, 3.63) is 96.3 Å². The molecule has 5 nitrogen and oxygen atoms in total. The van der Waals surface area contributed by atoms with Gasteiger partial charge in [-0.1, -0.05) is 42.5 Å². The van der Waals surface area contributed by atoms with Gasteiger partial charge in [-0.15, -0.1) is 0 Å². The van der Waals surface area contributed by atoms with Crippen molar-refractivity contribution in [3.8, 4) is 28.8 Å². The van der Waals surface area contributed by atoms with Gasteiger partial charge < -0.3 is 10.1 Å². The van der Waals surface area contributed by atoms with E-state index in [-0.39, 0.29) is 0 Å². The molecule has 0 aliphatic carbocycles. The van der Waals surface area contributed by atoms with E-state index in [4.69, 9.17) is 10.00 Å². The zero-order chi connectivity index (χ0) is 20.8. The Morgan fingerprint density at radius 1 is 0.967 bits per heavy atom. The van der Waals surface area contributed by atoms with Crippen LogP contribution in [0.4, 0.5) is 11.5 Å². The maximum absolute atomic E-state index is 8.79. The fraction of sp³-hybridized carbons (Fsp3) is 0.0800. The van der Waals surface area contributed by atoms with E-state index >= 15 is 0 Å². The summed E-state index contributed by atoms with van der Waals surface area (Å²) in [7, 11) is 0. The molecular weight excluding hydrogens is 372 g/mol. The third kappa shape index (κ3) is 4.62. The Balaban J connectivity index is 1.56. The highest BCUT2D eigenvalue weighted by atomic mass is 16.5. The van der Waals surface area contributed by atoms with Gasteiger partial charge in [0.15, 0.2) is 5.75 Å². The van der Waals surface area contributed by atoms with Gasteiger partial charge in [0.05, 0.1) is 12.5 Å². The minimum atomic E-state index is 0.399. The molecule has 2 aromatic heterocycles. The normalized spacial score (nSPS) is 10.3. The number of ether oxygens (including phenoxy) is 1. The molecule has 0 aliphatic rings. The van der Waals surface area contributed by atoms with E-state index in [1.54, 1.807) is 6.20 Å². The minimum Gasteiger partial charge on any atom is -0.455 e. The number of rotatable bonds is 6. The summed E-state index contributed by atoms with van der Waals surface area (Å²) in [6, 6.07) is 27.4. The molecule has 4 aromatic rings. The molecule has 0 saturated carbocycles. The maximum atomic E-state index is 8.79. The molecular formula is C25H20N4O. The monoisotopic (exact) mass is 392 g/mol. The fourth-order valence-corrected chi connectivity index (χ4v) is 3.04. The van der Waals surface area contributed by atoms with E-state index in [1.165, 1.54) is 0 Å². The van der Waals surface area contributed by atoms with Gasteiger partial charge in [-0.3, -0.25) is 0 Å². The van der Waals surface area contributed by atoms with E-state index in [0.29, 0.717) is 23.7 Å². The van der Waals surface area contributed by atoms with Gasteiger partial charge in [-0.05, 0) is 42.8 Å². The largest absolute Gasteiger partial charge is 0.455 e. The summed E-state index contributed by atoms with van der Waals surface area (Å²) in [5.41, 5.74) is 4.60. The topological polar surface area (TPSA) is 70.8 Å². The van der Waals surface area contributed by atoms with Gasteiger partial charge in [0.1, 0.15) is 17.3 Å². The Kier molecular flexibility index (Phi) is 5.68. The van der Waals surface area contributed by atoms with Crippen LogP contribution in [0.5, 0.6) is 11.5 Å². The summed E-state index contributed by atoms with van der Waals surface area (Å²) >= 11 is 0. The van der Waals surface area contributed by atoms with E-state index in [2.05, 4.69) is 21.4 Å². The number of nitrogens with zero attached hydrogens (tertiary/aromatic N) is 3. The Morgan fingerprint density at radius 3 is 2.53 bits per heavy atom. The number of hydrogen-bond donors (Lipinski definition) is 1. The lowest BCUT2D eigenvalue weighted by Crippen LogP contribution is -1.96. The second kappa shape index (κ2) is 8.89. The van der Waals surface area contributed by atoms with Crippen molar-refractivity contribution in [2.24, 2.45) is 0 Å². The van der Waals surface area contributed by atoms with E-state index in [0.717, 1.165) is 28.2 Å². The van der Waals surface area contributed by atoms with E-state index in [9.17, 15) is 0 Å². The van der Waals surface area contributed by atoms with Gasteiger partial charge in [0.25, 0.3) is 0 Å². The molecule has 5 heteroatoms. The zero-order valence-corrected chi connectivity index (χ0v) is 16.5. The molecule has 30 heavy (non-hydrogen) atoms. The van der Waals surface area contributed by atoms with Crippen LogP contribution in [0.1, 0.15) is 11.3 Å². The first-order chi connectivity index (χ1) is 14.7. The molecule has 0 unspecified atom stereocenters. The molecule has 0 bridgehead atoms. The van der Waals surface area contributed by atoms with Crippen LogP contribution < -0.4 is 10.1 Å². The number of benzene rings is 2. The smallest absolute Gasteiger partial charge is 0.153 e. The summed E-state index contributed by atoms with van der Waals surface area (Å²) < 4.78 is 6.17. The summed E-state index contributed by atoms with van der Waals surface area (Å²) in [4.78, 5) is 9.04. The molecule has 2 aromatic carbocycles. The lowest BCUT2D eigenvalue weighted by atomic mass is 10.1. The van der Waals surface area contributed by atoms with Crippen molar-refractivity contribution < 1.29 is 4.74 Å². The summed E-state index contributed by atoms with van der Waals surface area (Å²) in [5.74, 6) is 2.02. The number of aryl methyl sites for hydroxylation is 1. The second-order valence-corrected chi connectivity index (χ2v) is 6.80. The average Bonchev–Trinajstić information content (AvgIpc) is 2.77. The first-order valence-corrected chi connectivity index (χ1v) is 9.61. The lowest BCUT2D eigenvalue weighted by molar-refractivity contribution is 0.482. The van der Waals surface area contributed by atoms with Gasteiger partial charge in [0, 0.05) is 29.2 Å². The third-order valence-corrected chi connectivity index (χ3v) is 4.51. The van der Waals surface area contributed by atoms with Gasteiger partial charge >= 0.3 is 0 Å². The SMILES string of the molecule is Cc1ccc(Oc2ccnc(Nc3ccc(CC#N)cc3)c2)c(-c2ccccc2)n1. The van der Waals surface area contributed by atoms with Crippen LogP contribution in [-0.4, -0.2) is 9.97 Å². The number of aromatic nitrogens is 2. The predicted octanol–water partition coefficient (Wildman–Crippen LogP) is 6.05. The molecule has 1 N–H and O–H groups in total. The van der Waals surface area contributed by atoms with Crippen LogP contribution in [0.2, 0.25) is 0 Å². The number of anilines is 2. The zero-order valence-electron chi connectivity index (χ0n) is 16.5. The van der Waals surface area contributed by atoms with Crippen LogP contribution in [-0.2, 0) is 6.42 Å². The van der Waals surface area contributed by atoms with Gasteiger partial charge in [-0.25, -0.2) is 9.97 Å². The Bertz CT molecular complexity index is 1180. The van der Waals surface area contributed by atoms with Crippen LogP contribution >= 0.6 is 0 Å². The fourth-order valence-electron chi connectivity index (χ4n) is 3.04. The summed E-state index contributed by atoms with van der Waals surface area (Å²) in [5, 5.41) is 12.1. The molecule has 146 valence electrons. The first kappa shape index (κ1) is 19.2. The van der Waals surface area contributed by atoms with Crippen LogP contribution in [0.3, 0.4) is 0 Å². The number of nitriles is 1. The maximum Gasteiger partial charge on any atom is 0.153 e. The highest BCUT2D eigenvalue weighted by Gasteiger charge is 2.10. The molecule has 0 saturated heterocycles. The average molecular weight is 392 g/mol. The highest BCUT2D eigenvalue weighted by Crippen LogP contribution is 2.32. The summed E-state index contributed by atoms with van der Waals surface area (Å²) in [6.45, 7) is 1.96. The molecule has 0 atom stereocenters. The molecule has 0 spiro atoms. The van der Waals surface area contributed by atoms with Crippen molar-refractivity contribution in [2.45, 2.75) is 13.3 Å². The number of pyridine rings is 2. The Hall–Kier alpha value is -4.17. The quantitative estimate of drug-likeness (QED) is 0.432.